The standard InChI is InChI=1S/C13H12ClNO2S/c1-17-13(16)12-15-11(10(18-12)7-8-14)9-5-3-2-4-6-9/h2-6H,7-8H2,1H3. The lowest BCUT2D eigenvalue weighted by Gasteiger charge is -1.99. The molecule has 5 heteroatoms. The van der Waals surface area contributed by atoms with Crippen molar-refractivity contribution >= 4 is 28.9 Å². The fourth-order valence-electron chi connectivity index (χ4n) is 1.60. The van der Waals surface area contributed by atoms with Gasteiger partial charge in [0, 0.05) is 16.3 Å². The largest absolute Gasteiger partial charge is 0.464 e. The van der Waals surface area contributed by atoms with Crippen molar-refractivity contribution in [2.45, 2.75) is 6.42 Å². The first kappa shape index (κ1) is 13.1. The van der Waals surface area contributed by atoms with Crippen LogP contribution in [0.3, 0.4) is 0 Å². The van der Waals surface area contributed by atoms with Gasteiger partial charge in [-0.25, -0.2) is 9.78 Å². The van der Waals surface area contributed by atoms with Gasteiger partial charge in [0.05, 0.1) is 12.8 Å². The number of methoxy groups -OCH3 is 1. The average Bonchev–Trinajstić information content (AvgIpc) is 2.83. The minimum absolute atomic E-state index is 0.372. The van der Waals surface area contributed by atoms with Gasteiger partial charge in [-0.2, -0.15) is 0 Å². The van der Waals surface area contributed by atoms with Crippen molar-refractivity contribution in [3.8, 4) is 11.3 Å². The van der Waals surface area contributed by atoms with E-state index in [9.17, 15) is 4.79 Å². The number of aromatic nitrogens is 1. The van der Waals surface area contributed by atoms with E-state index in [1.807, 2.05) is 30.3 Å². The molecular formula is C13H12ClNO2S. The summed E-state index contributed by atoms with van der Waals surface area (Å²) in [4.78, 5) is 16.9. The molecule has 0 saturated carbocycles. The number of carbonyl (C=O) groups is 1. The summed E-state index contributed by atoms with van der Waals surface area (Å²) in [5.41, 5.74) is 1.81. The molecule has 0 atom stereocenters. The minimum atomic E-state index is -0.405. The topological polar surface area (TPSA) is 39.2 Å². The van der Waals surface area contributed by atoms with Crippen molar-refractivity contribution < 1.29 is 9.53 Å². The number of ether oxygens (including phenoxy) is 1. The highest BCUT2D eigenvalue weighted by molar-refractivity contribution is 7.14. The predicted octanol–water partition coefficient (Wildman–Crippen LogP) is 3.38. The van der Waals surface area contributed by atoms with Gasteiger partial charge < -0.3 is 4.74 Å². The third-order valence-electron chi connectivity index (χ3n) is 2.43. The van der Waals surface area contributed by atoms with Crippen LogP contribution in [0.4, 0.5) is 0 Å². The Morgan fingerprint density at radius 1 is 1.39 bits per heavy atom. The maximum atomic E-state index is 11.5. The quantitative estimate of drug-likeness (QED) is 0.637. The first-order valence-corrected chi connectivity index (χ1v) is 6.80. The Bertz CT molecular complexity index is 539. The summed E-state index contributed by atoms with van der Waals surface area (Å²) in [6.45, 7) is 0. The molecule has 0 aliphatic heterocycles. The van der Waals surface area contributed by atoms with E-state index in [-0.39, 0.29) is 0 Å². The number of nitrogens with zero attached hydrogens (tertiary/aromatic N) is 1. The Morgan fingerprint density at radius 3 is 2.72 bits per heavy atom. The van der Waals surface area contributed by atoms with Crippen LogP contribution in [0, 0.1) is 0 Å². The van der Waals surface area contributed by atoms with Gasteiger partial charge in [-0.15, -0.1) is 22.9 Å². The molecule has 0 spiro atoms. The summed E-state index contributed by atoms with van der Waals surface area (Å²) < 4.78 is 4.69. The molecule has 0 N–H and O–H groups in total. The molecule has 0 saturated heterocycles. The molecule has 0 aliphatic carbocycles. The summed E-state index contributed by atoms with van der Waals surface area (Å²) in [7, 11) is 1.35. The first-order valence-electron chi connectivity index (χ1n) is 5.45. The Kier molecular flexibility index (Phi) is 4.33. The molecule has 1 aromatic carbocycles. The maximum Gasteiger partial charge on any atom is 0.367 e. The van der Waals surface area contributed by atoms with E-state index in [2.05, 4.69) is 4.98 Å². The van der Waals surface area contributed by atoms with Crippen LogP contribution in [-0.2, 0) is 11.2 Å². The number of carbonyl (C=O) groups excluding carboxylic acids is 1. The molecule has 2 aromatic rings. The maximum absolute atomic E-state index is 11.5. The summed E-state index contributed by atoms with van der Waals surface area (Å²) in [5, 5.41) is 0.372. The monoisotopic (exact) mass is 281 g/mol. The first-order chi connectivity index (χ1) is 8.76. The smallest absolute Gasteiger partial charge is 0.367 e. The van der Waals surface area contributed by atoms with E-state index < -0.39 is 5.97 Å². The Balaban J connectivity index is 2.45. The lowest BCUT2D eigenvalue weighted by atomic mass is 10.1. The van der Waals surface area contributed by atoms with Crippen LogP contribution < -0.4 is 0 Å². The number of alkyl halides is 1. The molecule has 1 aromatic heterocycles. The van der Waals surface area contributed by atoms with Gasteiger partial charge in [-0.05, 0) is 6.42 Å². The molecule has 18 heavy (non-hydrogen) atoms. The molecule has 0 unspecified atom stereocenters. The summed E-state index contributed by atoms with van der Waals surface area (Å²) in [6, 6.07) is 9.76. The van der Waals surface area contributed by atoms with Crippen LogP contribution in [-0.4, -0.2) is 23.9 Å². The Labute approximate surface area is 114 Å². The third-order valence-corrected chi connectivity index (χ3v) is 3.71. The highest BCUT2D eigenvalue weighted by Gasteiger charge is 2.17. The fourth-order valence-corrected chi connectivity index (χ4v) is 2.91. The Morgan fingerprint density at radius 2 is 2.11 bits per heavy atom. The van der Waals surface area contributed by atoms with E-state index in [4.69, 9.17) is 16.3 Å². The van der Waals surface area contributed by atoms with Crippen molar-refractivity contribution in [1.29, 1.82) is 0 Å². The molecule has 0 radical (unpaired) electrons. The van der Waals surface area contributed by atoms with Crippen molar-refractivity contribution in [1.82, 2.24) is 4.98 Å². The van der Waals surface area contributed by atoms with Gasteiger partial charge >= 0.3 is 5.97 Å². The number of hydrogen-bond donors (Lipinski definition) is 0. The molecule has 0 amide bonds. The predicted molar refractivity (Wildman–Crippen MR) is 73.3 cm³/mol. The number of thiazole rings is 1. The zero-order valence-electron chi connectivity index (χ0n) is 9.85. The van der Waals surface area contributed by atoms with E-state index in [1.165, 1.54) is 18.4 Å². The average molecular weight is 282 g/mol. The van der Waals surface area contributed by atoms with Crippen LogP contribution in [0.15, 0.2) is 30.3 Å². The molecule has 0 aliphatic rings. The van der Waals surface area contributed by atoms with Gasteiger partial charge in [-0.1, -0.05) is 30.3 Å². The summed E-state index contributed by atoms with van der Waals surface area (Å²) >= 11 is 7.12. The number of aryl methyl sites for hydroxylation is 1. The van der Waals surface area contributed by atoms with Gasteiger partial charge in [0.15, 0.2) is 0 Å². The van der Waals surface area contributed by atoms with Crippen molar-refractivity contribution in [2.24, 2.45) is 0 Å². The summed E-state index contributed by atoms with van der Waals surface area (Å²) in [5.74, 6) is 0.0980. The lowest BCUT2D eigenvalue weighted by Crippen LogP contribution is -1.99. The second-order valence-corrected chi connectivity index (χ2v) is 5.05. The van der Waals surface area contributed by atoms with E-state index in [0.717, 1.165) is 16.1 Å². The van der Waals surface area contributed by atoms with E-state index in [0.29, 0.717) is 17.3 Å². The molecule has 94 valence electrons. The van der Waals surface area contributed by atoms with E-state index >= 15 is 0 Å². The molecule has 0 bridgehead atoms. The van der Waals surface area contributed by atoms with Crippen LogP contribution in [0.2, 0.25) is 0 Å². The van der Waals surface area contributed by atoms with Gasteiger partial charge in [0.1, 0.15) is 0 Å². The Hall–Kier alpha value is -1.39. The normalized spacial score (nSPS) is 10.3. The van der Waals surface area contributed by atoms with Crippen LogP contribution in [0.25, 0.3) is 11.3 Å². The number of hydrogen-bond acceptors (Lipinski definition) is 4. The van der Waals surface area contributed by atoms with Gasteiger partial charge in [0.25, 0.3) is 0 Å². The second-order valence-electron chi connectivity index (χ2n) is 3.59. The van der Waals surface area contributed by atoms with Crippen LogP contribution in [0.5, 0.6) is 0 Å². The molecular weight excluding hydrogens is 270 g/mol. The van der Waals surface area contributed by atoms with Gasteiger partial charge in [-0.3, -0.25) is 0 Å². The molecule has 2 rings (SSSR count). The van der Waals surface area contributed by atoms with E-state index in [1.54, 1.807) is 0 Å². The SMILES string of the molecule is COC(=O)c1nc(-c2ccccc2)c(CCCl)s1. The number of esters is 1. The lowest BCUT2D eigenvalue weighted by molar-refractivity contribution is 0.0600. The zero-order valence-corrected chi connectivity index (χ0v) is 11.4. The zero-order chi connectivity index (χ0) is 13.0. The second kappa shape index (κ2) is 5.98. The third kappa shape index (κ3) is 2.71. The van der Waals surface area contributed by atoms with Crippen molar-refractivity contribution in [3.05, 3.63) is 40.2 Å². The fraction of sp³-hybridized carbons (Fsp3) is 0.231. The molecule has 1 heterocycles. The molecule has 0 fully saturated rings. The number of benzene rings is 1. The number of halogens is 1. The van der Waals surface area contributed by atoms with Crippen LogP contribution >= 0.6 is 22.9 Å². The minimum Gasteiger partial charge on any atom is -0.464 e. The van der Waals surface area contributed by atoms with Crippen molar-refractivity contribution in [3.63, 3.8) is 0 Å². The van der Waals surface area contributed by atoms with Crippen LogP contribution in [0.1, 0.15) is 14.7 Å². The number of rotatable bonds is 4. The highest BCUT2D eigenvalue weighted by Crippen LogP contribution is 2.29. The highest BCUT2D eigenvalue weighted by atomic mass is 35.5. The molecule has 3 nitrogen and oxygen atoms in total. The van der Waals surface area contributed by atoms with Crippen molar-refractivity contribution in [2.75, 3.05) is 13.0 Å². The van der Waals surface area contributed by atoms with Gasteiger partial charge in [0.2, 0.25) is 5.01 Å². The summed E-state index contributed by atoms with van der Waals surface area (Å²) in [6.07, 6.45) is 0.695.